The van der Waals surface area contributed by atoms with Crippen molar-refractivity contribution in [3.63, 3.8) is 0 Å². The Hall–Kier alpha value is -5.24. The van der Waals surface area contributed by atoms with Gasteiger partial charge in [-0.2, -0.15) is 0 Å². The second-order valence-electron chi connectivity index (χ2n) is 14.1. The van der Waals surface area contributed by atoms with Crippen LogP contribution in [0.25, 0.3) is 0 Å². The highest BCUT2D eigenvalue weighted by atomic mass is 16.6. The Bertz CT molecular complexity index is 1660. The van der Waals surface area contributed by atoms with Gasteiger partial charge in [-0.3, -0.25) is 19.2 Å². The molecular formula is C38H50N6O8. The van der Waals surface area contributed by atoms with Crippen LogP contribution >= 0.6 is 0 Å². The molecule has 52 heavy (non-hydrogen) atoms. The van der Waals surface area contributed by atoms with Crippen LogP contribution in [0.15, 0.2) is 73.2 Å². The number of amides is 4. The summed E-state index contributed by atoms with van der Waals surface area (Å²) >= 11 is 0. The van der Waals surface area contributed by atoms with E-state index in [4.69, 9.17) is 14.2 Å². The van der Waals surface area contributed by atoms with Crippen LogP contribution in [-0.2, 0) is 40.0 Å². The summed E-state index contributed by atoms with van der Waals surface area (Å²) in [5, 5.41) is 7.98. The van der Waals surface area contributed by atoms with Crippen molar-refractivity contribution < 1.29 is 38.2 Å². The highest BCUT2D eigenvalue weighted by molar-refractivity contribution is 5.98. The number of aromatic nitrogens is 2. The van der Waals surface area contributed by atoms with E-state index in [1.54, 1.807) is 43.4 Å². The van der Waals surface area contributed by atoms with Crippen LogP contribution in [0.5, 0.6) is 0 Å². The smallest absolute Gasteiger partial charge is 0.408 e. The number of likely N-dealkylation sites (tertiary alicyclic amines) is 1. The normalized spacial score (nSPS) is 14.8. The zero-order valence-corrected chi connectivity index (χ0v) is 30.7. The summed E-state index contributed by atoms with van der Waals surface area (Å²) in [6, 6.07) is 16.6. The highest BCUT2D eigenvalue weighted by Crippen LogP contribution is 2.26. The van der Waals surface area contributed by atoms with E-state index in [0.29, 0.717) is 32.5 Å². The molecule has 14 heteroatoms. The average molecular weight is 719 g/mol. The molecule has 1 aliphatic heterocycles. The monoisotopic (exact) mass is 718 g/mol. The molecule has 1 saturated heterocycles. The van der Waals surface area contributed by atoms with Gasteiger partial charge in [-0.05, 0) is 65.5 Å². The Morgan fingerprint density at radius 2 is 1.56 bits per heavy atom. The molecule has 4 amide bonds. The molecule has 1 aliphatic rings. The van der Waals surface area contributed by atoms with Crippen molar-refractivity contribution in [2.24, 2.45) is 5.92 Å². The van der Waals surface area contributed by atoms with Crippen molar-refractivity contribution in [2.75, 3.05) is 31.6 Å². The SMILES string of the molecule is CCOC(=O)C1CCN(C(=O)C(c2ccccc2)n2cnc(NC(=O)[C@@H](COCc3ccccc3)NC(=O)C(C)(C)NC(=O)OC(C)(C)C)c2)CC1. The van der Waals surface area contributed by atoms with E-state index in [9.17, 15) is 24.0 Å². The summed E-state index contributed by atoms with van der Waals surface area (Å²) in [6.07, 6.45) is 3.23. The van der Waals surface area contributed by atoms with E-state index >= 15 is 0 Å². The Kier molecular flexibility index (Phi) is 13.5. The number of piperidine rings is 1. The number of nitrogens with zero attached hydrogens (tertiary/aromatic N) is 3. The fourth-order valence-corrected chi connectivity index (χ4v) is 5.61. The van der Waals surface area contributed by atoms with E-state index < -0.39 is 41.1 Å². The summed E-state index contributed by atoms with van der Waals surface area (Å²) in [5.74, 6) is -1.79. The quantitative estimate of drug-likeness (QED) is 0.207. The third kappa shape index (κ3) is 11.4. The van der Waals surface area contributed by atoms with Crippen molar-refractivity contribution in [1.29, 1.82) is 0 Å². The topological polar surface area (TPSA) is 170 Å². The number of anilines is 1. The van der Waals surface area contributed by atoms with Gasteiger partial charge in [-0.25, -0.2) is 9.78 Å². The second-order valence-corrected chi connectivity index (χ2v) is 14.1. The third-order valence-electron chi connectivity index (χ3n) is 8.33. The van der Waals surface area contributed by atoms with Crippen molar-refractivity contribution in [3.8, 4) is 0 Å². The average Bonchev–Trinajstić information content (AvgIpc) is 3.55. The van der Waals surface area contributed by atoms with Crippen molar-refractivity contribution in [2.45, 2.75) is 84.2 Å². The minimum atomic E-state index is -1.45. The van der Waals surface area contributed by atoms with Gasteiger partial charge in [0.25, 0.3) is 5.91 Å². The zero-order valence-electron chi connectivity index (χ0n) is 30.7. The number of carbonyl (C=O) groups excluding carboxylic acids is 5. The van der Waals surface area contributed by atoms with Crippen LogP contribution in [0.2, 0.25) is 0 Å². The molecule has 0 bridgehead atoms. The second kappa shape index (κ2) is 17.8. The number of benzene rings is 2. The Labute approximate surface area is 304 Å². The summed E-state index contributed by atoms with van der Waals surface area (Å²) in [5.41, 5.74) is -0.635. The van der Waals surface area contributed by atoms with Crippen LogP contribution in [0.1, 0.15) is 71.6 Å². The number of ether oxygens (including phenoxy) is 3. The van der Waals surface area contributed by atoms with E-state index in [1.807, 2.05) is 60.7 Å². The molecule has 2 heterocycles. The van der Waals surface area contributed by atoms with Gasteiger partial charge in [0, 0.05) is 19.3 Å². The molecule has 3 aromatic rings. The maximum atomic E-state index is 14.0. The van der Waals surface area contributed by atoms with Gasteiger partial charge in [0.05, 0.1) is 32.1 Å². The number of hydrogen-bond donors (Lipinski definition) is 3. The molecule has 0 saturated carbocycles. The van der Waals surface area contributed by atoms with Crippen molar-refractivity contribution in [3.05, 3.63) is 84.3 Å². The van der Waals surface area contributed by atoms with Gasteiger partial charge in [-0.1, -0.05) is 60.7 Å². The third-order valence-corrected chi connectivity index (χ3v) is 8.33. The van der Waals surface area contributed by atoms with Crippen molar-refractivity contribution >= 4 is 35.6 Å². The Morgan fingerprint density at radius 3 is 2.17 bits per heavy atom. The number of rotatable bonds is 14. The molecule has 2 atom stereocenters. The predicted molar refractivity (Wildman–Crippen MR) is 193 cm³/mol. The largest absolute Gasteiger partial charge is 0.466 e. The van der Waals surface area contributed by atoms with Gasteiger partial charge >= 0.3 is 12.1 Å². The van der Waals surface area contributed by atoms with E-state index in [-0.39, 0.29) is 36.8 Å². The molecule has 1 aromatic heterocycles. The first kappa shape index (κ1) is 39.5. The number of esters is 1. The fraction of sp³-hybridized carbons (Fsp3) is 0.474. The molecule has 0 spiro atoms. The number of imidazole rings is 1. The van der Waals surface area contributed by atoms with Crippen LogP contribution in [0, 0.1) is 5.92 Å². The molecule has 3 N–H and O–H groups in total. The Morgan fingerprint density at radius 1 is 0.923 bits per heavy atom. The summed E-state index contributed by atoms with van der Waals surface area (Å²) in [4.78, 5) is 72.0. The Balaban J connectivity index is 1.50. The van der Waals surface area contributed by atoms with Gasteiger partial charge in [0.2, 0.25) is 11.8 Å². The van der Waals surface area contributed by atoms with Gasteiger partial charge < -0.3 is 39.6 Å². The van der Waals surface area contributed by atoms with Gasteiger partial charge in [-0.15, -0.1) is 0 Å². The maximum absolute atomic E-state index is 14.0. The van der Waals surface area contributed by atoms with Crippen LogP contribution in [0.3, 0.4) is 0 Å². The number of alkyl carbamates (subject to hydrolysis) is 1. The van der Waals surface area contributed by atoms with Gasteiger partial charge in [0.15, 0.2) is 5.82 Å². The first-order chi connectivity index (χ1) is 24.7. The molecule has 280 valence electrons. The lowest BCUT2D eigenvalue weighted by Crippen LogP contribution is -2.59. The van der Waals surface area contributed by atoms with E-state index in [0.717, 1.165) is 11.1 Å². The highest BCUT2D eigenvalue weighted by Gasteiger charge is 2.36. The molecule has 0 aliphatic carbocycles. The molecule has 2 aromatic carbocycles. The maximum Gasteiger partial charge on any atom is 0.408 e. The van der Waals surface area contributed by atoms with E-state index in [1.165, 1.54) is 20.2 Å². The standard InChI is InChI=1S/C38H50N6O8/c1-7-51-34(47)28-18-20-43(21-19-28)33(46)31(27-16-12-9-13-17-27)44-22-30(39-25-44)41-32(45)29(24-50-23-26-14-10-8-11-15-26)40-35(48)38(5,6)42-36(49)52-37(2,3)4/h8-17,22,25,28-29,31H,7,18-21,23-24H2,1-6H3,(H,40,48)(H,41,45)(H,42,49)/t29-,31?/m1/s1. The van der Waals surface area contributed by atoms with Gasteiger partial charge in [0.1, 0.15) is 23.2 Å². The molecule has 4 rings (SSSR count). The lowest BCUT2D eigenvalue weighted by atomic mass is 9.95. The summed E-state index contributed by atoms with van der Waals surface area (Å²) < 4.78 is 18.0. The van der Waals surface area contributed by atoms with E-state index in [2.05, 4.69) is 20.9 Å². The van der Waals surface area contributed by atoms with Crippen LogP contribution in [-0.4, -0.2) is 87.7 Å². The molecule has 0 radical (unpaired) electrons. The predicted octanol–water partition coefficient (Wildman–Crippen LogP) is 4.22. The summed E-state index contributed by atoms with van der Waals surface area (Å²) in [6.45, 7) is 11.0. The first-order valence-electron chi connectivity index (χ1n) is 17.5. The number of carbonyl (C=O) groups is 5. The molecule has 14 nitrogen and oxygen atoms in total. The number of hydrogen-bond acceptors (Lipinski definition) is 9. The number of nitrogens with one attached hydrogen (secondary N) is 3. The molecule has 1 fully saturated rings. The zero-order chi connectivity index (χ0) is 37.9. The van der Waals surface area contributed by atoms with Crippen LogP contribution < -0.4 is 16.0 Å². The van der Waals surface area contributed by atoms with Crippen LogP contribution in [0.4, 0.5) is 10.6 Å². The lowest BCUT2D eigenvalue weighted by Gasteiger charge is -2.33. The first-order valence-corrected chi connectivity index (χ1v) is 17.5. The summed E-state index contributed by atoms with van der Waals surface area (Å²) in [7, 11) is 0. The minimum Gasteiger partial charge on any atom is -0.466 e. The fourth-order valence-electron chi connectivity index (χ4n) is 5.61. The minimum absolute atomic E-state index is 0.146. The van der Waals surface area contributed by atoms with Crippen molar-refractivity contribution in [1.82, 2.24) is 25.1 Å². The molecule has 1 unspecified atom stereocenters. The molecular weight excluding hydrogens is 668 g/mol. The lowest BCUT2D eigenvalue weighted by molar-refractivity contribution is -0.151.